The van der Waals surface area contributed by atoms with Gasteiger partial charge in [-0.1, -0.05) is 25.4 Å². The number of anilines is 1. The van der Waals surface area contributed by atoms with E-state index < -0.39 is 0 Å². The summed E-state index contributed by atoms with van der Waals surface area (Å²) >= 11 is 5.84. The molecule has 3 N–H and O–H groups in total. The van der Waals surface area contributed by atoms with E-state index in [1.54, 1.807) is 18.2 Å². The molecule has 3 amide bonds. The monoisotopic (exact) mass is 297 g/mol. The van der Waals surface area contributed by atoms with Crippen molar-refractivity contribution < 1.29 is 9.59 Å². The van der Waals surface area contributed by atoms with Crippen LogP contribution in [0.25, 0.3) is 0 Å². The smallest absolute Gasteiger partial charge is 0.319 e. The number of nitrogens with one attached hydrogen (secondary N) is 3. The predicted octanol–water partition coefficient (Wildman–Crippen LogP) is 2.54. The van der Waals surface area contributed by atoms with Crippen molar-refractivity contribution in [2.75, 3.05) is 18.4 Å². The van der Waals surface area contributed by atoms with Gasteiger partial charge in [0.25, 0.3) is 0 Å². The van der Waals surface area contributed by atoms with Crippen LogP contribution in [0.3, 0.4) is 0 Å². The molecule has 0 aromatic heterocycles. The lowest BCUT2D eigenvalue weighted by atomic mass is 10.2. The second-order valence-electron chi connectivity index (χ2n) is 4.79. The molecule has 0 saturated heterocycles. The van der Waals surface area contributed by atoms with Gasteiger partial charge in [-0.2, -0.15) is 0 Å². The molecule has 20 heavy (non-hydrogen) atoms. The average molecular weight is 298 g/mol. The summed E-state index contributed by atoms with van der Waals surface area (Å²) in [6.45, 7) is 6.28. The van der Waals surface area contributed by atoms with E-state index in [0.717, 1.165) is 5.56 Å². The highest BCUT2D eigenvalue weighted by Crippen LogP contribution is 2.19. The second-order valence-corrected chi connectivity index (χ2v) is 5.22. The summed E-state index contributed by atoms with van der Waals surface area (Å²) in [5.74, 6) is -0.0821. The Labute approximate surface area is 124 Å². The topological polar surface area (TPSA) is 70.2 Å². The van der Waals surface area contributed by atoms with Crippen LogP contribution < -0.4 is 16.0 Å². The van der Waals surface area contributed by atoms with E-state index in [1.165, 1.54) is 0 Å². The number of urea groups is 1. The van der Waals surface area contributed by atoms with Crippen LogP contribution in [0.1, 0.15) is 19.4 Å². The van der Waals surface area contributed by atoms with Crippen LogP contribution in [-0.4, -0.2) is 25.0 Å². The quantitative estimate of drug-likeness (QED) is 0.731. The Morgan fingerprint density at radius 2 is 1.85 bits per heavy atom. The normalized spacial score (nSPS) is 10.2. The molecule has 110 valence electrons. The Morgan fingerprint density at radius 1 is 1.20 bits per heavy atom. The second kappa shape index (κ2) is 7.75. The molecule has 1 aromatic carbocycles. The fourth-order valence-corrected chi connectivity index (χ4v) is 1.73. The van der Waals surface area contributed by atoms with Crippen LogP contribution in [0.5, 0.6) is 0 Å². The molecule has 0 heterocycles. The van der Waals surface area contributed by atoms with Crippen LogP contribution in [-0.2, 0) is 4.79 Å². The summed E-state index contributed by atoms with van der Waals surface area (Å²) in [6.07, 6.45) is 0. The minimum Gasteiger partial charge on any atom is -0.354 e. The summed E-state index contributed by atoms with van der Waals surface area (Å²) in [4.78, 5) is 23.0. The van der Waals surface area contributed by atoms with E-state index in [-0.39, 0.29) is 17.9 Å². The Balaban J connectivity index is 2.32. The van der Waals surface area contributed by atoms with Crippen molar-refractivity contribution in [3.8, 4) is 0 Å². The number of carbonyl (C=O) groups is 2. The van der Waals surface area contributed by atoms with E-state index in [9.17, 15) is 9.59 Å². The van der Waals surface area contributed by atoms with Gasteiger partial charge in [0, 0.05) is 29.7 Å². The Kier molecular flexibility index (Phi) is 6.31. The van der Waals surface area contributed by atoms with Crippen LogP contribution in [0, 0.1) is 12.8 Å². The lowest BCUT2D eigenvalue weighted by Gasteiger charge is -2.11. The van der Waals surface area contributed by atoms with Crippen LogP contribution >= 0.6 is 11.6 Å². The van der Waals surface area contributed by atoms with Gasteiger partial charge in [0.05, 0.1) is 0 Å². The van der Waals surface area contributed by atoms with Gasteiger partial charge in [-0.3, -0.25) is 4.79 Å². The maximum atomic E-state index is 11.7. The molecule has 0 unspecified atom stereocenters. The fourth-order valence-electron chi connectivity index (χ4n) is 1.50. The minimum atomic E-state index is -0.311. The van der Waals surface area contributed by atoms with Crippen molar-refractivity contribution in [2.24, 2.45) is 5.92 Å². The van der Waals surface area contributed by atoms with Crippen molar-refractivity contribution in [3.05, 3.63) is 28.8 Å². The highest BCUT2D eigenvalue weighted by Gasteiger charge is 2.06. The lowest BCUT2D eigenvalue weighted by molar-refractivity contribution is -0.123. The standard InChI is InChI=1S/C14H20ClN3O2/c1-9(2)13(19)16-6-7-17-14(20)18-12-5-4-11(15)8-10(12)3/h4-5,8-9H,6-7H2,1-3H3,(H,16,19)(H2,17,18,20). The van der Waals surface area contributed by atoms with E-state index in [1.807, 2.05) is 20.8 Å². The van der Waals surface area contributed by atoms with Gasteiger partial charge in [0.2, 0.25) is 5.91 Å². The Hall–Kier alpha value is -1.75. The summed E-state index contributed by atoms with van der Waals surface area (Å²) < 4.78 is 0. The largest absolute Gasteiger partial charge is 0.354 e. The number of halogens is 1. The molecule has 1 aromatic rings. The minimum absolute atomic E-state index is 0.0271. The van der Waals surface area contributed by atoms with Crippen LogP contribution in [0.2, 0.25) is 5.02 Å². The van der Waals surface area contributed by atoms with Crippen LogP contribution in [0.15, 0.2) is 18.2 Å². The van der Waals surface area contributed by atoms with Gasteiger partial charge in [0.1, 0.15) is 0 Å². The number of hydrogen-bond donors (Lipinski definition) is 3. The van der Waals surface area contributed by atoms with Gasteiger partial charge in [0.15, 0.2) is 0 Å². The summed E-state index contributed by atoms with van der Waals surface area (Å²) in [5.41, 5.74) is 1.60. The Bertz CT molecular complexity index is 489. The van der Waals surface area contributed by atoms with Crippen LogP contribution in [0.4, 0.5) is 10.5 Å². The number of benzene rings is 1. The van der Waals surface area contributed by atoms with Crippen molar-refractivity contribution in [3.63, 3.8) is 0 Å². The molecule has 6 heteroatoms. The first-order valence-electron chi connectivity index (χ1n) is 6.49. The van der Waals surface area contributed by atoms with E-state index in [0.29, 0.717) is 23.8 Å². The SMILES string of the molecule is Cc1cc(Cl)ccc1NC(=O)NCCNC(=O)C(C)C. The van der Waals surface area contributed by atoms with Crippen molar-refractivity contribution in [1.29, 1.82) is 0 Å². The molecule has 0 radical (unpaired) electrons. The number of aryl methyl sites for hydroxylation is 1. The van der Waals surface area contributed by atoms with Gasteiger partial charge in [-0.25, -0.2) is 4.79 Å². The zero-order chi connectivity index (χ0) is 15.1. The number of rotatable bonds is 5. The highest BCUT2D eigenvalue weighted by atomic mass is 35.5. The number of amides is 3. The molecule has 0 bridgehead atoms. The molecule has 0 aliphatic heterocycles. The highest BCUT2D eigenvalue weighted by molar-refractivity contribution is 6.30. The molecule has 0 aliphatic rings. The average Bonchev–Trinajstić information content (AvgIpc) is 2.37. The summed E-state index contributed by atoms with van der Waals surface area (Å²) in [7, 11) is 0. The molecule has 5 nitrogen and oxygen atoms in total. The molecule has 1 rings (SSSR count). The van der Waals surface area contributed by atoms with Gasteiger partial charge >= 0.3 is 6.03 Å². The van der Waals surface area contributed by atoms with E-state index in [4.69, 9.17) is 11.6 Å². The predicted molar refractivity (Wildman–Crippen MR) is 81.1 cm³/mol. The van der Waals surface area contributed by atoms with Gasteiger partial charge in [-0.05, 0) is 30.7 Å². The van der Waals surface area contributed by atoms with Gasteiger partial charge < -0.3 is 16.0 Å². The molecule has 0 atom stereocenters. The number of hydrogen-bond acceptors (Lipinski definition) is 2. The molecule has 0 spiro atoms. The van der Waals surface area contributed by atoms with Gasteiger partial charge in [-0.15, -0.1) is 0 Å². The van der Waals surface area contributed by atoms with Crippen molar-refractivity contribution in [1.82, 2.24) is 10.6 Å². The Morgan fingerprint density at radius 3 is 2.45 bits per heavy atom. The third-order valence-corrected chi connectivity index (χ3v) is 2.91. The third kappa shape index (κ3) is 5.48. The molecular weight excluding hydrogens is 278 g/mol. The maximum absolute atomic E-state index is 11.7. The first-order valence-corrected chi connectivity index (χ1v) is 6.86. The third-order valence-electron chi connectivity index (χ3n) is 2.67. The zero-order valence-corrected chi connectivity index (χ0v) is 12.7. The first kappa shape index (κ1) is 16.3. The maximum Gasteiger partial charge on any atom is 0.319 e. The number of carbonyl (C=O) groups excluding carboxylic acids is 2. The summed E-state index contributed by atoms with van der Waals surface area (Å²) in [6, 6.07) is 4.93. The zero-order valence-electron chi connectivity index (χ0n) is 11.9. The van der Waals surface area contributed by atoms with E-state index in [2.05, 4.69) is 16.0 Å². The first-order chi connectivity index (χ1) is 9.40. The van der Waals surface area contributed by atoms with Crippen molar-refractivity contribution >= 4 is 29.2 Å². The lowest BCUT2D eigenvalue weighted by Crippen LogP contribution is -2.38. The molecule has 0 saturated carbocycles. The van der Waals surface area contributed by atoms with E-state index >= 15 is 0 Å². The van der Waals surface area contributed by atoms with Crippen molar-refractivity contribution in [2.45, 2.75) is 20.8 Å². The molecule has 0 fully saturated rings. The summed E-state index contributed by atoms with van der Waals surface area (Å²) in [5, 5.41) is 8.75. The molecule has 0 aliphatic carbocycles. The fraction of sp³-hybridized carbons (Fsp3) is 0.429. The molecular formula is C14H20ClN3O2.